The lowest BCUT2D eigenvalue weighted by Crippen LogP contribution is -1.96. The monoisotopic (exact) mass is 262 g/mol. The molecule has 0 aliphatic rings. The Morgan fingerprint density at radius 3 is 2.80 bits per heavy atom. The van der Waals surface area contributed by atoms with Crippen LogP contribution in [0, 0.1) is 0 Å². The Labute approximate surface area is 117 Å². The topological polar surface area (TPSA) is 42.9 Å². The molecule has 0 aliphatic heterocycles. The Balaban J connectivity index is 2.33. The van der Waals surface area contributed by atoms with E-state index >= 15 is 0 Å². The van der Waals surface area contributed by atoms with E-state index in [-0.39, 0.29) is 0 Å². The Morgan fingerprint density at radius 1 is 1.20 bits per heavy atom. The quantitative estimate of drug-likeness (QED) is 0.676. The van der Waals surface area contributed by atoms with Crippen LogP contribution in [-0.2, 0) is 6.42 Å². The van der Waals surface area contributed by atoms with E-state index < -0.39 is 0 Å². The summed E-state index contributed by atoms with van der Waals surface area (Å²) in [5, 5.41) is 0.999. The Bertz CT molecular complexity index is 767. The third-order valence-corrected chi connectivity index (χ3v) is 3.40. The lowest BCUT2D eigenvalue weighted by Gasteiger charge is -2.09. The minimum absolute atomic E-state index is 0.596. The molecule has 3 rings (SSSR count). The molecule has 2 heterocycles. The SMILES string of the molecule is CCc1cccc2cc(C=O)c(-c3cccnc3)nc12. The fraction of sp³-hybridized carbons (Fsp3) is 0.118. The minimum Gasteiger partial charge on any atom is -0.298 e. The number of pyridine rings is 2. The molecule has 0 N–H and O–H groups in total. The first-order valence-corrected chi connectivity index (χ1v) is 6.61. The van der Waals surface area contributed by atoms with Gasteiger partial charge in [0.15, 0.2) is 6.29 Å². The average Bonchev–Trinajstić information content (AvgIpc) is 2.53. The summed E-state index contributed by atoms with van der Waals surface area (Å²) in [4.78, 5) is 20.2. The van der Waals surface area contributed by atoms with E-state index in [1.54, 1.807) is 12.4 Å². The maximum atomic E-state index is 11.3. The summed E-state index contributed by atoms with van der Waals surface area (Å²) in [7, 11) is 0. The van der Waals surface area contributed by atoms with Gasteiger partial charge in [0.25, 0.3) is 0 Å². The molecule has 3 heteroatoms. The van der Waals surface area contributed by atoms with E-state index in [0.29, 0.717) is 11.3 Å². The molecule has 0 aliphatic carbocycles. The van der Waals surface area contributed by atoms with E-state index in [2.05, 4.69) is 18.0 Å². The van der Waals surface area contributed by atoms with Crippen LogP contribution in [0.4, 0.5) is 0 Å². The van der Waals surface area contributed by atoms with Gasteiger partial charge in [-0.1, -0.05) is 25.1 Å². The second-order valence-electron chi connectivity index (χ2n) is 4.63. The van der Waals surface area contributed by atoms with Gasteiger partial charge in [-0.05, 0) is 30.2 Å². The standard InChI is InChI=1S/C17H14N2O/c1-2-12-5-3-6-13-9-15(11-20)17(19-16(12)13)14-7-4-8-18-10-14/h3-11H,2H2,1H3. The molecule has 0 saturated carbocycles. The molecule has 0 bridgehead atoms. The second-order valence-corrected chi connectivity index (χ2v) is 4.63. The van der Waals surface area contributed by atoms with Crippen molar-refractivity contribution in [2.75, 3.05) is 0 Å². The fourth-order valence-corrected chi connectivity index (χ4v) is 2.39. The molecule has 0 radical (unpaired) electrons. The van der Waals surface area contributed by atoms with Gasteiger partial charge in [0, 0.05) is 28.9 Å². The number of fused-ring (bicyclic) bond motifs is 1. The normalized spacial score (nSPS) is 10.7. The van der Waals surface area contributed by atoms with Gasteiger partial charge in [-0.15, -0.1) is 0 Å². The van der Waals surface area contributed by atoms with Crippen molar-refractivity contribution >= 4 is 17.2 Å². The van der Waals surface area contributed by atoms with Gasteiger partial charge < -0.3 is 0 Å². The first-order chi connectivity index (χ1) is 9.83. The lowest BCUT2D eigenvalue weighted by atomic mass is 10.0. The van der Waals surface area contributed by atoms with Crippen LogP contribution < -0.4 is 0 Å². The van der Waals surface area contributed by atoms with Crippen LogP contribution in [0.25, 0.3) is 22.2 Å². The number of rotatable bonds is 3. The molecule has 20 heavy (non-hydrogen) atoms. The van der Waals surface area contributed by atoms with Crippen molar-refractivity contribution in [1.29, 1.82) is 0 Å². The molecule has 0 amide bonds. The number of carbonyl (C=O) groups excluding carboxylic acids is 1. The van der Waals surface area contributed by atoms with E-state index in [0.717, 1.165) is 29.2 Å². The summed E-state index contributed by atoms with van der Waals surface area (Å²) in [5.74, 6) is 0. The maximum Gasteiger partial charge on any atom is 0.152 e. The fourth-order valence-electron chi connectivity index (χ4n) is 2.39. The van der Waals surface area contributed by atoms with E-state index in [9.17, 15) is 4.79 Å². The zero-order valence-corrected chi connectivity index (χ0v) is 11.2. The highest BCUT2D eigenvalue weighted by atomic mass is 16.1. The number of para-hydroxylation sites is 1. The summed E-state index contributed by atoms with van der Waals surface area (Å²) >= 11 is 0. The number of hydrogen-bond acceptors (Lipinski definition) is 3. The molecule has 1 aromatic carbocycles. The predicted octanol–water partition coefficient (Wildman–Crippen LogP) is 3.67. The van der Waals surface area contributed by atoms with Gasteiger partial charge in [-0.2, -0.15) is 0 Å². The molecule has 3 nitrogen and oxygen atoms in total. The Kier molecular flexibility index (Phi) is 3.25. The van der Waals surface area contributed by atoms with Crippen LogP contribution in [0.5, 0.6) is 0 Å². The summed E-state index contributed by atoms with van der Waals surface area (Å²) in [6.07, 6.45) is 5.21. The molecule has 98 valence electrons. The Morgan fingerprint density at radius 2 is 2.10 bits per heavy atom. The number of nitrogens with zero attached hydrogens (tertiary/aromatic N) is 2. The van der Waals surface area contributed by atoms with Crippen LogP contribution in [0.3, 0.4) is 0 Å². The first-order valence-electron chi connectivity index (χ1n) is 6.61. The molecule has 2 aromatic heterocycles. The molecule has 0 unspecified atom stereocenters. The maximum absolute atomic E-state index is 11.3. The van der Waals surface area contributed by atoms with Crippen LogP contribution in [0.15, 0.2) is 48.8 Å². The molecular weight excluding hydrogens is 248 g/mol. The van der Waals surface area contributed by atoms with E-state index in [4.69, 9.17) is 4.98 Å². The van der Waals surface area contributed by atoms with E-state index in [1.807, 2.05) is 30.3 Å². The first kappa shape index (κ1) is 12.5. The highest BCUT2D eigenvalue weighted by Crippen LogP contribution is 2.26. The number of aryl methyl sites for hydroxylation is 1. The average molecular weight is 262 g/mol. The van der Waals surface area contributed by atoms with Crippen molar-refractivity contribution in [1.82, 2.24) is 9.97 Å². The molecule has 0 spiro atoms. The summed E-state index contributed by atoms with van der Waals surface area (Å²) < 4.78 is 0. The second kappa shape index (κ2) is 5.21. The summed E-state index contributed by atoms with van der Waals surface area (Å²) in [5.41, 5.74) is 4.30. The smallest absolute Gasteiger partial charge is 0.152 e. The van der Waals surface area contributed by atoms with Gasteiger partial charge in [-0.3, -0.25) is 9.78 Å². The lowest BCUT2D eigenvalue weighted by molar-refractivity contribution is 0.112. The number of carbonyl (C=O) groups is 1. The molecule has 0 atom stereocenters. The molecule has 0 saturated heterocycles. The summed E-state index contributed by atoms with van der Waals surface area (Å²) in [6.45, 7) is 2.10. The third kappa shape index (κ3) is 2.07. The predicted molar refractivity (Wildman–Crippen MR) is 79.7 cm³/mol. The summed E-state index contributed by atoms with van der Waals surface area (Å²) in [6, 6.07) is 11.7. The van der Waals surface area contributed by atoms with Crippen molar-refractivity contribution in [3.05, 3.63) is 59.9 Å². The van der Waals surface area contributed by atoms with Gasteiger partial charge in [-0.25, -0.2) is 4.98 Å². The van der Waals surface area contributed by atoms with Gasteiger partial charge >= 0.3 is 0 Å². The van der Waals surface area contributed by atoms with Crippen molar-refractivity contribution in [2.24, 2.45) is 0 Å². The van der Waals surface area contributed by atoms with Crippen molar-refractivity contribution < 1.29 is 4.79 Å². The third-order valence-electron chi connectivity index (χ3n) is 3.40. The van der Waals surface area contributed by atoms with Gasteiger partial charge in [0.1, 0.15) is 0 Å². The highest BCUT2D eigenvalue weighted by Gasteiger charge is 2.10. The highest BCUT2D eigenvalue weighted by molar-refractivity contribution is 5.94. The number of hydrogen-bond donors (Lipinski definition) is 0. The van der Waals surface area contributed by atoms with Crippen LogP contribution >= 0.6 is 0 Å². The van der Waals surface area contributed by atoms with Crippen LogP contribution in [-0.4, -0.2) is 16.3 Å². The van der Waals surface area contributed by atoms with Crippen molar-refractivity contribution in [2.45, 2.75) is 13.3 Å². The molecule has 0 fully saturated rings. The van der Waals surface area contributed by atoms with Crippen molar-refractivity contribution in [3.63, 3.8) is 0 Å². The van der Waals surface area contributed by atoms with E-state index in [1.165, 1.54) is 5.56 Å². The number of benzene rings is 1. The number of aromatic nitrogens is 2. The van der Waals surface area contributed by atoms with Gasteiger partial charge in [0.05, 0.1) is 11.2 Å². The largest absolute Gasteiger partial charge is 0.298 e. The van der Waals surface area contributed by atoms with Gasteiger partial charge in [0.2, 0.25) is 0 Å². The molecular formula is C17H14N2O. The number of aldehydes is 1. The molecule has 3 aromatic rings. The zero-order chi connectivity index (χ0) is 13.9. The zero-order valence-electron chi connectivity index (χ0n) is 11.2. The minimum atomic E-state index is 0.596. The van der Waals surface area contributed by atoms with Crippen molar-refractivity contribution in [3.8, 4) is 11.3 Å². The van der Waals surface area contributed by atoms with Crippen LogP contribution in [0.1, 0.15) is 22.8 Å². The Hall–Kier alpha value is -2.55. The van der Waals surface area contributed by atoms with Crippen LogP contribution in [0.2, 0.25) is 0 Å².